The summed E-state index contributed by atoms with van der Waals surface area (Å²) >= 11 is 0. The third-order valence-corrected chi connectivity index (χ3v) is 13.1. The molecule has 1 aromatic heterocycles. The lowest BCUT2D eigenvalue weighted by Gasteiger charge is -2.30. The summed E-state index contributed by atoms with van der Waals surface area (Å²) in [7, 11) is 0. The van der Waals surface area contributed by atoms with E-state index in [9.17, 15) is 0 Å². The Bertz CT molecular complexity index is 3270. The van der Waals surface area contributed by atoms with Crippen LogP contribution in [0, 0.1) is 0 Å². The van der Waals surface area contributed by atoms with E-state index in [1.807, 2.05) is 0 Å². The third-order valence-electron chi connectivity index (χ3n) is 13.1. The lowest BCUT2D eigenvalue weighted by Crippen LogP contribution is -2.34. The molecule has 60 heavy (non-hydrogen) atoms. The Kier molecular flexibility index (Phi) is 7.74. The van der Waals surface area contributed by atoms with Gasteiger partial charge in [-0.25, -0.2) is 0 Å². The summed E-state index contributed by atoms with van der Waals surface area (Å²) in [5.41, 5.74) is 16.7. The Balaban J connectivity index is 1.09. The highest BCUT2D eigenvalue weighted by Gasteiger charge is 2.38. The van der Waals surface area contributed by atoms with E-state index in [4.69, 9.17) is 4.65 Å². The van der Waals surface area contributed by atoms with Crippen molar-refractivity contribution < 1.29 is 4.65 Å². The van der Waals surface area contributed by atoms with Gasteiger partial charge in [-0.15, -0.1) is 0 Å². The van der Waals surface area contributed by atoms with E-state index in [2.05, 4.69) is 224 Å². The quantitative estimate of drug-likeness (QED) is 0.157. The first-order valence-corrected chi connectivity index (χ1v) is 21.0. The number of benzene rings is 9. The largest absolute Gasteiger partial charge is 0.555 e. The van der Waals surface area contributed by atoms with Crippen molar-refractivity contribution in [2.24, 2.45) is 0 Å². The van der Waals surface area contributed by atoms with Gasteiger partial charge in [0.1, 0.15) is 5.75 Å². The zero-order valence-electron chi connectivity index (χ0n) is 33.6. The molecule has 9 aromatic carbocycles. The predicted octanol–water partition coefficient (Wildman–Crippen LogP) is 13.8. The summed E-state index contributed by atoms with van der Waals surface area (Å²) in [5.74, 6) is 0.969. The number of fused-ring (bicyclic) bond motifs is 8. The van der Waals surface area contributed by atoms with Crippen molar-refractivity contribution in [3.05, 3.63) is 217 Å². The van der Waals surface area contributed by atoms with Crippen LogP contribution in [0.25, 0.3) is 60.5 Å². The molecule has 0 spiro atoms. The van der Waals surface area contributed by atoms with Crippen molar-refractivity contribution in [1.82, 2.24) is 4.57 Å². The van der Waals surface area contributed by atoms with Crippen LogP contribution in [0.5, 0.6) is 5.75 Å². The number of aromatic nitrogens is 1. The molecule has 1 aliphatic carbocycles. The van der Waals surface area contributed by atoms with Crippen molar-refractivity contribution in [1.29, 1.82) is 0 Å². The second-order valence-corrected chi connectivity index (χ2v) is 16.9. The monoisotopic (exact) mass is 768 g/mol. The van der Waals surface area contributed by atoms with Crippen LogP contribution in [0.15, 0.2) is 200 Å². The standard InChI is InChI=1S/C56H41BN2O/c1-56(2)50-24-11-8-23-48(50)55-49(39-27-28-40-36-57(60-54(40)32-39)41-17-4-3-5-18-41)34-45(35-51(55)56)58(44-30-29-37-15-6-7-16-38(37)31-44)42-19-14-20-43(33-42)59-52-25-12-9-21-46(52)47-22-10-13-26-53(47)59/h3-35H,36H2,1-2H3. The Morgan fingerprint density at radius 3 is 2.03 bits per heavy atom. The zero-order chi connectivity index (χ0) is 40.0. The molecule has 0 unspecified atom stereocenters. The van der Waals surface area contributed by atoms with E-state index in [-0.39, 0.29) is 12.3 Å². The molecule has 0 N–H and O–H groups in total. The van der Waals surface area contributed by atoms with Crippen molar-refractivity contribution in [2.75, 3.05) is 4.90 Å². The average Bonchev–Trinajstić information content (AvgIpc) is 3.95. The minimum atomic E-state index is -0.220. The normalized spacial score (nSPS) is 13.7. The maximum absolute atomic E-state index is 6.74. The maximum atomic E-state index is 6.74. The minimum Gasteiger partial charge on any atom is -0.555 e. The number of hydrogen-bond donors (Lipinski definition) is 0. The van der Waals surface area contributed by atoms with E-state index in [1.165, 1.54) is 71.4 Å². The fraction of sp³-hybridized carbons (Fsp3) is 0.0714. The maximum Gasteiger partial charge on any atom is 0.396 e. The van der Waals surface area contributed by atoms with Gasteiger partial charge < -0.3 is 14.1 Å². The third kappa shape index (κ3) is 5.37. The van der Waals surface area contributed by atoms with Gasteiger partial charge in [-0.3, -0.25) is 0 Å². The van der Waals surface area contributed by atoms with Crippen molar-refractivity contribution in [3.8, 4) is 33.7 Å². The van der Waals surface area contributed by atoms with Crippen molar-refractivity contribution >= 4 is 62.0 Å². The zero-order valence-corrected chi connectivity index (χ0v) is 33.6. The van der Waals surface area contributed by atoms with Gasteiger partial charge in [-0.1, -0.05) is 153 Å². The van der Waals surface area contributed by atoms with Crippen LogP contribution in [0.2, 0.25) is 0 Å². The number of anilines is 3. The molecular weight excluding hydrogens is 727 g/mol. The Morgan fingerprint density at radius 2 is 1.22 bits per heavy atom. The minimum absolute atomic E-state index is 0.0124. The molecule has 1 aliphatic heterocycles. The molecule has 0 radical (unpaired) electrons. The molecule has 284 valence electrons. The molecule has 0 bridgehead atoms. The van der Waals surface area contributed by atoms with Gasteiger partial charge >= 0.3 is 6.92 Å². The summed E-state index contributed by atoms with van der Waals surface area (Å²) in [4.78, 5) is 2.46. The summed E-state index contributed by atoms with van der Waals surface area (Å²) in [6.07, 6.45) is 0.867. The van der Waals surface area contributed by atoms with Gasteiger partial charge in [-0.2, -0.15) is 0 Å². The van der Waals surface area contributed by atoms with Crippen molar-refractivity contribution in [3.63, 3.8) is 0 Å². The van der Waals surface area contributed by atoms with E-state index in [0.29, 0.717) is 0 Å². The lowest BCUT2D eigenvalue weighted by molar-refractivity contribution is 0.601. The first-order valence-electron chi connectivity index (χ1n) is 21.0. The van der Waals surface area contributed by atoms with Crippen LogP contribution < -0.4 is 15.0 Å². The topological polar surface area (TPSA) is 17.4 Å². The van der Waals surface area contributed by atoms with E-state index in [1.54, 1.807) is 0 Å². The van der Waals surface area contributed by atoms with E-state index in [0.717, 1.165) is 40.4 Å². The van der Waals surface area contributed by atoms with E-state index >= 15 is 0 Å². The van der Waals surface area contributed by atoms with Crippen LogP contribution in [0.3, 0.4) is 0 Å². The first-order chi connectivity index (χ1) is 29.5. The number of hydrogen-bond acceptors (Lipinski definition) is 2. The Hall–Kier alpha value is -7.30. The molecule has 0 saturated heterocycles. The van der Waals surface area contributed by atoms with E-state index < -0.39 is 0 Å². The molecule has 0 amide bonds. The van der Waals surface area contributed by atoms with Crippen LogP contribution >= 0.6 is 0 Å². The molecular formula is C56H41BN2O. The molecule has 2 aliphatic rings. The van der Waals surface area contributed by atoms with Gasteiger partial charge in [0.2, 0.25) is 0 Å². The first kappa shape index (κ1) is 34.7. The number of para-hydroxylation sites is 2. The Labute approximate surface area is 350 Å². The van der Waals surface area contributed by atoms with Crippen molar-refractivity contribution in [2.45, 2.75) is 25.6 Å². The molecule has 0 fully saturated rings. The van der Waals surface area contributed by atoms with Crippen LogP contribution in [0.1, 0.15) is 30.5 Å². The van der Waals surface area contributed by atoms with Gasteiger partial charge in [0, 0.05) is 38.9 Å². The smallest absolute Gasteiger partial charge is 0.396 e. The van der Waals surface area contributed by atoms with Crippen LogP contribution in [-0.4, -0.2) is 11.5 Å². The molecule has 3 nitrogen and oxygen atoms in total. The average molecular weight is 769 g/mol. The molecule has 0 atom stereocenters. The van der Waals surface area contributed by atoms with Crippen LogP contribution in [-0.2, 0) is 11.7 Å². The molecule has 2 heterocycles. The summed E-state index contributed by atoms with van der Waals surface area (Å²) in [6, 6.07) is 73.4. The molecule has 4 heteroatoms. The fourth-order valence-corrected chi connectivity index (χ4v) is 10.1. The predicted molar refractivity (Wildman–Crippen MR) is 252 cm³/mol. The van der Waals surface area contributed by atoms with Gasteiger partial charge in [0.05, 0.1) is 11.0 Å². The van der Waals surface area contributed by atoms with Gasteiger partial charge in [0.15, 0.2) is 0 Å². The second kappa shape index (κ2) is 13.4. The fourth-order valence-electron chi connectivity index (χ4n) is 10.1. The summed E-state index contributed by atoms with van der Waals surface area (Å²) < 4.78 is 9.15. The number of rotatable bonds is 6. The summed E-state index contributed by atoms with van der Waals surface area (Å²) in [6.45, 7) is 4.77. The highest BCUT2D eigenvalue weighted by atomic mass is 16.4. The van der Waals surface area contributed by atoms with Gasteiger partial charge in [0.25, 0.3) is 0 Å². The van der Waals surface area contributed by atoms with Crippen LogP contribution in [0.4, 0.5) is 17.1 Å². The Morgan fingerprint density at radius 1 is 0.517 bits per heavy atom. The second-order valence-electron chi connectivity index (χ2n) is 16.9. The highest BCUT2D eigenvalue weighted by molar-refractivity contribution is 6.68. The molecule has 0 saturated carbocycles. The molecule has 10 aromatic rings. The lowest BCUT2D eigenvalue weighted by atomic mass is 9.58. The SMILES string of the molecule is CC1(C)c2ccccc2-c2c(-c3ccc4c(c3)OB(c3ccccc3)C4)cc(N(c3cccc(-n4c5ccccc5c5ccccc54)c3)c3ccc4ccccc4c3)cc21. The van der Waals surface area contributed by atoms with Gasteiger partial charge in [-0.05, 0) is 122 Å². The number of nitrogens with zero attached hydrogens (tertiary/aromatic N) is 2. The molecule has 12 rings (SSSR count). The summed E-state index contributed by atoms with van der Waals surface area (Å²) in [5, 5.41) is 4.93. The highest BCUT2D eigenvalue weighted by Crippen LogP contribution is 2.55.